The number of nitrogens with one attached hydrogen (secondary N) is 1. The molecule has 1 N–H and O–H groups in total. The van der Waals surface area contributed by atoms with Crippen molar-refractivity contribution in [2.24, 2.45) is 0 Å². The van der Waals surface area contributed by atoms with Crippen molar-refractivity contribution in [1.29, 1.82) is 0 Å². The number of benzene rings is 2. The molecule has 122 valence electrons. The van der Waals surface area contributed by atoms with Crippen LogP contribution in [0, 0.1) is 0 Å². The number of hydrogen-bond donors (Lipinski definition) is 1. The van der Waals surface area contributed by atoms with Crippen LogP contribution in [-0.4, -0.2) is 22.4 Å². The summed E-state index contributed by atoms with van der Waals surface area (Å²) < 4.78 is 11.9. The summed E-state index contributed by atoms with van der Waals surface area (Å²) in [4.78, 5) is 23.7. The fraction of sp³-hybridized carbons (Fsp3) is 0.111. The summed E-state index contributed by atoms with van der Waals surface area (Å²) in [7, 11) is 0. The van der Waals surface area contributed by atoms with Crippen LogP contribution in [0.3, 0.4) is 0 Å². The van der Waals surface area contributed by atoms with Gasteiger partial charge in [-0.05, 0) is 43.3 Å². The zero-order valence-corrected chi connectivity index (χ0v) is 13.1. The van der Waals surface area contributed by atoms with Gasteiger partial charge in [-0.1, -0.05) is 18.2 Å². The summed E-state index contributed by atoms with van der Waals surface area (Å²) in [6, 6.07) is 17.6. The molecule has 0 atom stereocenters. The normalized spacial score (nSPS) is 10.4. The highest BCUT2D eigenvalue weighted by Gasteiger charge is 2.13. The third-order valence-corrected chi connectivity index (χ3v) is 3.29. The van der Waals surface area contributed by atoms with Crippen LogP contribution in [0.4, 0.5) is 0 Å². The van der Waals surface area contributed by atoms with Crippen LogP contribution >= 0.6 is 0 Å². The molecule has 0 fully saturated rings. The van der Waals surface area contributed by atoms with Crippen molar-refractivity contribution in [3.8, 4) is 17.2 Å². The maximum atomic E-state index is 12.0. The van der Waals surface area contributed by atoms with Gasteiger partial charge < -0.3 is 9.47 Å². The zero-order chi connectivity index (χ0) is 16.9. The van der Waals surface area contributed by atoms with Gasteiger partial charge in [0.1, 0.15) is 17.2 Å². The molecule has 6 nitrogen and oxygen atoms in total. The summed E-state index contributed by atoms with van der Waals surface area (Å²) in [5.41, 5.74) is 0.372. The number of aromatic nitrogens is 2. The van der Waals surface area contributed by atoms with Gasteiger partial charge in [0, 0.05) is 6.07 Å². The van der Waals surface area contributed by atoms with E-state index < -0.39 is 5.97 Å². The van der Waals surface area contributed by atoms with Crippen LogP contribution in [0.15, 0.2) is 65.5 Å². The number of carbonyl (C=O) groups excluding carboxylic acids is 1. The molecule has 3 rings (SSSR count). The molecule has 6 heteroatoms. The molecule has 0 radical (unpaired) electrons. The summed E-state index contributed by atoms with van der Waals surface area (Å²) in [5.74, 6) is 0.819. The quantitative estimate of drug-likeness (QED) is 0.732. The highest BCUT2D eigenvalue weighted by atomic mass is 16.5. The molecule has 0 aliphatic carbocycles. The first-order valence-corrected chi connectivity index (χ1v) is 7.50. The number of H-pyrrole nitrogens is 1. The van der Waals surface area contributed by atoms with Crippen LogP contribution in [0.25, 0.3) is 5.69 Å². The Morgan fingerprint density at radius 1 is 1.04 bits per heavy atom. The van der Waals surface area contributed by atoms with Gasteiger partial charge >= 0.3 is 5.97 Å². The fourth-order valence-corrected chi connectivity index (χ4v) is 2.19. The Morgan fingerprint density at radius 2 is 1.71 bits per heavy atom. The van der Waals surface area contributed by atoms with Gasteiger partial charge in [-0.15, -0.1) is 0 Å². The van der Waals surface area contributed by atoms with Crippen molar-refractivity contribution >= 4 is 5.97 Å². The zero-order valence-electron chi connectivity index (χ0n) is 13.1. The monoisotopic (exact) mass is 324 g/mol. The Kier molecular flexibility index (Phi) is 4.47. The molecular formula is C18H16N2O4. The Bertz CT molecular complexity index is 879. The van der Waals surface area contributed by atoms with Gasteiger partial charge in [0.25, 0.3) is 5.56 Å². The van der Waals surface area contributed by atoms with E-state index in [1.807, 2.05) is 30.3 Å². The summed E-state index contributed by atoms with van der Waals surface area (Å²) in [5, 5.41) is 2.74. The molecule has 2 aromatic carbocycles. The lowest BCUT2D eigenvalue weighted by Gasteiger charge is -2.07. The molecule has 0 amide bonds. The highest BCUT2D eigenvalue weighted by molar-refractivity contribution is 5.87. The van der Waals surface area contributed by atoms with Crippen LogP contribution < -0.4 is 10.3 Å². The van der Waals surface area contributed by atoms with Crippen LogP contribution in [0.2, 0.25) is 0 Å². The standard InChI is InChI=1S/C18H16N2O4/c1-2-23-18(22)16-12-17(21)20(19-16)13-8-10-15(11-9-13)24-14-6-4-3-5-7-14/h3-12,19H,2H2,1H3. The summed E-state index contributed by atoms with van der Waals surface area (Å²) in [6.45, 7) is 1.95. The number of nitrogens with zero attached hydrogens (tertiary/aromatic N) is 1. The van der Waals surface area contributed by atoms with Crippen molar-refractivity contribution in [2.45, 2.75) is 6.92 Å². The van der Waals surface area contributed by atoms with Crippen molar-refractivity contribution < 1.29 is 14.3 Å². The molecule has 0 saturated heterocycles. The molecule has 1 heterocycles. The molecule has 0 saturated carbocycles. The first kappa shape index (κ1) is 15.6. The van der Waals surface area contributed by atoms with E-state index in [9.17, 15) is 9.59 Å². The molecule has 1 aromatic heterocycles. The van der Waals surface area contributed by atoms with E-state index in [1.54, 1.807) is 31.2 Å². The lowest BCUT2D eigenvalue weighted by molar-refractivity contribution is 0.0519. The van der Waals surface area contributed by atoms with Crippen molar-refractivity contribution in [3.63, 3.8) is 0 Å². The molecular weight excluding hydrogens is 308 g/mol. The fourth-order valence-electron chi connectivity index (χ4n) is 2.19. The van der Waals surface area contributed by atoms with Gasteiger partial charge in [0.2, 0.25) is 0 Å². The smallest absolute Gasteiger partial charge is 0.356 e. The molecule has 0 aliphatic rings. The number of aromatic amines is 1. The first-order chi connectivity index (χ1) is 11.7. The van der Waals surface area contributed by atoms with E-state index in [1.165, 1.54) is 10.7 Å². The van der Waals surface area contributed by atoms with Gasteiger partial charge in [-0.25, -0.2) is 9.48 Å². The number of ether oxygens (including phenoxy) is 2. The molecule has 0 aliphatic heterocycles. The van der Waals surface area contributed by atoms with Crippen molar-refractivity contribution in [3.05, 3.63) is 76.7 Å². The second kappa shape index (κ2) is 6.87. The molecule has 0 spiro atoms. The van der Waals surface area contributed by atoms with Crippen LogP contribution in [0.5, 0.6) is 11.5 Å². The number of rotatable bonds is 5. The maximum Gasteiger partial charge on any atom is 0.356 e. The predicted molar refractivity (Wildman–Crippen MR) is 88.9 cm³/mol. The minimum atomic E-state index is -0.558. The number of carbonyl (C=O) groups is 1. The Morgan fingerprint density at radius 3 is 2.38 bits per heavy atom. The van der Waals surface area contributed by atoms with Crippen molar-refractivity contribution in [1.82, 2.24) is 9.78 Å². The van der Waals surface area contributed by atoms with Gasteiger partial charge in [0.15, 0.2) is 0 Å². The van der Waals surface area contributed by atoms with E-state index >= 15 is 0 Å². The minimum absolute atomic E-state index is 0.117. The van der Waals surface area contributed by atoms with E-state index in [0.29, 0.717) is 11.4 Å². The van der Waals surface area contributed by atoms with E-state index in [0.717, 1.165) is 5.75 Å². The first-order valence-electron chi connectivity index (χ1n) is 7.50. The Balaban J connectivity index is 1.81. The number of esters is 1. The summed E-state index contributed by atoms with van der Waals surface area (Å²) in [6.07, 6.45) is 0. The lowest BCUT2D eigenvalue weighted by atomic mass is 10.3. The third-order valence-electron chi connectivity index (χ3n) is 3.29. The van der Waals surface area contributed by atoms with Gasteiger partial charge in [-0.2, -0.15) is 0 Å². The highest BCUT2D eigenvalue weighted by Crippen LogP contribution is 2.21. The minimum Gasteiger partial charge on any atom is -0.461 e. The lowest BCUT2D eigenvalue weighted by Crippen LogP contribution is -2.13. The average molecular weight is 324 g/mol. The molecule has 24 heavy (non-hydrogen) atoms. The van der Waals surface area contributed by atoms with E-state index in [2.05, 4.69) is 5.10 Å². The molecule has 0 bridgehead atoms. The Labute approximate surface area is 138 Å². The largest absolute Gasteiger partial charge is 0.461 e. The van der Waals surface area contributed by atoms with Crippen LogP contribution in [0.1, 0.15) is 17.4 Å². The second-order valence-corrected chi connectivity index (χ2v) is 4.97. The van der Waals surface area contributed by atoms with Crippen molar-refractivity contribution in [2.75, 3.05) is 6.61 Å². The molecule has 0 unspecified atom stereocenters. The third kappa shape index (κ3) is 3.38. The number of para-hydroxylation sites is 1. The second-order valence-electron chi connectivity index (χ2n) is 4.97. The Hall–Kier alpha value is -3.28. The predicted octanol–water partition coefficient (Wildman–Crippen LogP) is 3.13. The maximum absolute atomic E-state index is 12.0. The van der Waals surface area contributed by atoms with Gasteiger partial charge in [0.05, 0.1) is 12.3 Å². The average Bonchev–Trinajstić information content (AvgIpc) is 2.99. The topological polar surface area (TPSA) is 73.3 Å². The van der Waals surface area contributed by atoms with Gasteiger partial charge in [-0.3, -0.25) is 9.89 Å². The van der Waals surface area contributed by atoms with E-state index in [4.69, 9.17) is 9.47 Å². The summed E-state index contributed by atoms with van der Waals surface area (Å²) >= 11 is 0. The van der Waals surface area contributed by atoms with Crippen LogP contribution in [-0.2, 0) is 4.74 Å². The number of hydrogen-bond acceptors (Lipinski definition) is 4. The molecule has 3 aromatic rings. The SMILES string of the molecule is CCOC(=O)c1cc(=O)n(-c2ccc(Oc3ccccc3)cc2)[nH]1. The van der Waals surface area contributed by atoms with E-state index in [-0.39, 0.29) is 17.9 Å².